The van der Waals surface area contributed by atoms with Gasteiger partial charge >= 0.3 is 0 Å². The Kier molecular flexibility index (Phi) is 1.63. The zero-order chi connectivity index (χ0) is 8.01. The van der Waals surface area contributed by atoms with Crippen molar-refractivity contribution in [2.45, 2.75) is 11.4 Å². The van der Waals surface area contributed by atoms with Gasteiger partial charge in [-0.2, -0.15) is 0 Å². The third kappa shape index (κ3) is 0.972. The van der Waals surface area contributed by atoms with Crippen LogP contribution in [0.1, 0.15) is 0 Å². The van der Waals surface area contributed by atoms with Crippen LogP contribution in [0.3, 0.4) is 0 Å². The molecule has 11 heavy (non-hydrogen) atoms. The lowest BCUT2D eigenvalue weighted by atomic mass is 10.1. The van der Waals surface area contributed by atoms with E-state index >= 15 is 0 Å². The smallest absolute Gasteiger partial charge is 0.247 e. The Bertz CT molecular complexity index is 243. The highest BCUT2D eigenvalue weighted by atomic mass is 35.5. The average Bonchev–Trinajstić information content (AvgIpc) is 2.03. The summed E-state index contributed by atoms with van der Waals surface area (Å²) in [7, 11) is 0. The predicted molar refractivity (Wildman–Crippen MR) is 45.0 cm³/mol. The van der Waals surface area contributed by atoms with Crippen LogP contribution in [-0.2, 0) is 4.79 Å². The van der Waals surface area contributed by atoms with Gasteiger partial charge in [0.1, 0.15) is 11.4 Å². The van der Waals surface area contributed by atoms with Crippen LogP contribution in [0.15, 0.2) is 11.2 Å². The SMILES string of the molecule is NC1C(=O)N2C=C(Cl)CSC12. The summed E-state index contributed by atoms with van der Waals surface area (Å²) < 4.78 is 0. The van der Waals surface area contributed by atoms with Crippen LogP contribution in [0.5, 0.6) is 0 Å². The van der Waals surface area contributed by atoms with E-state index in [-0.39, 0.29) is 17.3 Å². The third-order valence-corrected chi connectivity index (χ3v) is 3.52. The lowest BCUT2D eigenvalue weighted by Gasteiger charge is -2.44. The van der Waals surface area contributed by atoms with Crippen molar-refractivity contribution < 1.29 is 4.79 Å². The number of carbonyl (C=O) groups excluding carboxylic acids is 1. The monoisotopic (exact) mass is 190 g/mol. The molecule has 60 valence electrons. The molecule has 0 aliphatic carbocycles. The van der Waals surface area contributed by atoms with E-state index in [4.69, 9.17) is 17.3 Å². The molecule has 0 aromatic carbocycles. The maximum absolute atomic E-state index is 11.0. The molecule has 3 nitrogen and oxygen atoms in total. The van der Waals surface area contributed by atoms with Gasteiger partial charge in [0.2, 0.25) is 5.91 Å². The van der Waals surface area contributed by atoms with Gasteiger partial charge in [0.05, 0.1) is 0 Å². The van der Waals surface area contributed by atoms with Crippen LogP contribution in [0, 0.1) is 0 Å². The molecular formula is C6H7ClN2OS. The van der Waals surface area contributed by atoms with Gasteiger partial charge in [0.15, 0.2) is 0 Å². The first-order chi connectivity index (χ1) is 5.20. The molecule has 1 fully saturated rings. The molecule has 0 aromatic heterocycles. The lowest BCUT2D eigenvalue weighted by Crippen LogP contribution is -2.65. The summed E-state index contributed by atoms with van der Waals surface area (Å²) in [6, 6.07) is -0.319. The molecule has 2 N–H and O–H groups in total. The molecule has 2 aliphatic rings. The minimum absolute atomic E-state index is 0.0275. The fourth-order valence-electron chi connectivity index (χ4n) is 1.18. The van der Waals surface area contributed by atoms with Gasteiger partial charge in [0, 0.05) is 17.0 Å². The number of nitrogens with zero attached hydrogens (tertiary/aromatic N) is 1. The van der Waals surface area contributed by atoms with Crippen molar-refractivity contribution in [3.63, 3.8) is 0 Å². The Hall–Kier alpha value is -0.190. The van der Waals surface area contributed by atoms with Gasteiger partial charge in [-0.1, -0.05) is 11.6 Å². The molecule has 0 aromatic rings. The molecule has 0 bridgehead atoms. The first-order valence-corrected chi connectivity index (χ1v) is 4.68. The van der Waals surface area contributed by atoms with E-state index < -0.39 is 0 Å². The minimum atomic E-state index is -0.319. The van der Waals surface area contributed by atoms with Crippen molar-refractivity contribution in [1.82, 2.24) is 4.90 Å². The number of β-lactam (4-membered cyclic amide) rings is 1. The molecule has 2 heterocycles. The summed E-state index contributed by atoms with van der Waals surface area (Å²) in [5.74, 6) is 0.740. The fraction of sp³-hybridized carbons (Fsp3) is 0.500. The van der Waals surface area contributed by atoms with Crippen molar-refractivity contribution in [1.29, 1.82) is 0 Å². The van der Waals surface area contributed by atoms with Crippen LogP contribution < -0.4 is 5.73 Å². The van der Waals surface area contributed by atoms with E-state index in [0.29, 0.717) is 5.03 Å². The quantitative estimate of drug-likeness (QED) is 0.560. The normalized spacial score (nSPS) is 36.0. The van der Waals surface area contributed by atoms with Gasteiger partial charge < -0.3 is 10.6 Å². The van der Waals surface area contributed by atoms with Crippen molar-refractivity contribution in [3.05, 3.63) is 11.2 Å². The molecule has 0 spiro atoms. The fourth-order valence-corrected chi connectivity index (χ4v) is 2.53. The second-order valence-electron chi connectivity index (χ2n) is 2.55. The summed E-state index contributed by atoms with van der Waals surface area (Å²) in [5, 5.41) is 0.844. The Morgan fingerprint density at radius 2 is 2.55 bits per heavy atom. The largest absolute Gasteiger partial charge is 0.317 e. The number of rotatable bonds is 0. The van der Waals surface area contributed by atoms with Gasteiger partial charge in [-0.15, -0.1) is 11.8 Å². The van der Waals surface area contributed by atoms with Gasteiger partial charge in [-0.25, -0.2) is 0 Å². The predicted octanol–water partition coefficient (Wildman–Crippen LogP) is 0.309. The highest BCUT2D eigenvalue weighted by Gasteiger charge is 2.45. The van der Waals surface area contributed by atoms with E-state index in [2.05, 4.69) is 0 Å². The number of hydrogen-bond donors (Lipinski definition) is 1. The van der Waals surface area contributed by atoms with Crippen molar-refractivity contribution in [3.8, 4) is 0 Å². The Balaban J connectivity index is 2.20. The minimum Gasteiger partial charge on any atom is -0.317 e. The molecule has 1 saturated heterocycles. The van der Waals surface area contributed by atoms with Gasteiger partial charge in [0.25, 0.3) is 0 Å². The Morgan fingerprint density at radius 3 is 3.27 bits per heavy atom. The molecule has 1 amide bonds. The molecule has 0 radical (unpaired) electrons. The molecule has 0 saturated carbocycles. The van der Waals surface area contributed by atoms with Crippen LogP contribution in [0.25, 0.3) is 0 Å². The van der Waals surface area contributed by atoms with Crippen LogP contribution >= 0.6 is 23.4 Å². The maximum atomic E-state index is 11.0. The van der Waals surface area contributed by atoms with Gasteiger partial charge in [-0.3, -0.25) is 4.79 Å². The third-order valence-electron chi connectivity index (χ3n) is 1.79. The first kappa shape index (κ1) is 7.46. The number of amides is 1. The van der Waals surface area contributed by atoms with Crippen LogP contribution in [0.4, 0.5) is 0 Å². The number of hydrogen-bond acceptors (Lipinski definition) is 3. The summed E-state index contributed by atoms with van der Waals surface area (Å²) in [6.07, 6.45) is 1.68. The number of thioether (sulfide) groups is 1. The number of halogens is 1. The zero-order valence-electron chi connectivity index (χ0n) is 5.66. The Morgan fingerprint density at radius 1 is 1.82 bits per heavy atom. The number of nitrogens with two attached hydrogens (primary N) is 1. The standard InChI is InChI=1S/C6H7ClN2OS/c7-3-1-9-5(10)4(8)6(9)11-2-3/h1,4,6H,2,8H2. The van der Waals surface area contributed by atoms with Crippen molar-refractivity contribution in [2.24, 2.45) is 5.73 Å². The average molecular weight is 191 g/mol. The molecule has 5 heteroatoms. The second kappa shape index (κ2) is 2.40. The number of fused-ring (bicyclic) bond motifs is 1. The van der Waals surface area contributed by atoms with E-state index in [0.717, 1.165) is 5.75 Å². The molecular weight excluding hydrogens is 184 g/mol. The van der Waals surface area contributed by atoms with E-state index in [1.165, 1.54) is 0 Å². The van der Waals surface area contributed by atoms with Crippen LogP contribution in [0.2, 0.25) is 0 Å². The Labute approximate surface area is 73.6 Å². The molecule has 2 aliphatic heterocycles. The van der Waals surface area contributed by atoms with Crippen molar-refractivity contribution >= 4 is 29.3 Å². The second-order valence-corrected chi connectivity index (χ2v) is 4.14. The molecule has 2 rings (SSSR count). The highest BCUT2D eigenvalue weighted by Crippen LogP contribution is 2.35. The first-order valence-electron chi connectivity index (χ1n) is 3.26. The van der Waals surface area contributed by atoms with E-state index in [1.807, 2.05) is 0 Å². The van der Waals surface area contributed by atoms with Crippen LogP contribution in [-0.4, -0.2) is 28.0 Å². The molecule has 2 unspecified atom stereocenters. The summed E-state index contributed by atoms with van der Waals surface area (Å²) in [6.45, 7) is 0. The maximum Gasteiger partial charge on any atom is 0.247 e. The zero-order valence-corrected chi connectivity index (χ0v) is 7.23. The van der Waals surface area contributed by atoms with E-state index in [9.17, 15) is 4.79 Å². The van der Waals surface area contributed by atoms with E-state index in [1.54, 1.807) is 22.9 Å². The topological polar surface area (TPSA) is 46.3 Å². The van der Waals surface area contributed by atoms with Crippen molar-refractivity contribution in [2.75, 3.05) is 5.75 Å². The molecule has 2 atom stereocenters. The number of carbonyl (C=O) groups is 1. The summed E-state index contributed by atoms with van der Waals surface area (Å²) in [5.41, 5.74) is 5.54. The summed E-state index contributed by atoms with van der Waals surface area (Å²) in [4.78, 5) is 12.6. The summed E-state index contributed by atoms with van der Waals surface area (Å²) >= 11 is 7.34. The highest BCUT2D eigenvalue weighted by molar-refractivity contribution is 8.00. The van der Waals surface area contributed by atoms with Gasteiger partial charge in [-0.05, 0) is 0 Å². The lowest BCUT2D eigenvalue weighted by molar-refractivity contribution is -0.140.